The third-order valence-corrected chi connectivity index (χ3v) is 4.31. The Balaban J connectivity index is 1.72. The Morgan fingerprint density at radius 3 is 2.23 bits per heavy atom. The van der Waals surface area contributed by atoms with Crippen LogP contribution in [-0.4, -0.2) is 17.3 Å². The van der Waals surface area contributed by atoms with Gasteiger partial charge < -0.3 is 5.32 Å². The van der Waals surface area contributed by atoms with Crippen molar-refractivity contribution in [2.45, 2.75) is 0 Å². The summed E-state index contributed by atoms with van der Waals surface area (Å²) < 4.78 is 0. The van der Waals surface area contributed by atoms with Crippen molar-refractivity contribution in [3.05, 3.63) is 96.6 Å². The van der Waals surface area contributed by atoms with E-state index in [1.165, 1.54) is 0 Å². The lowest BCUT2D eigenvalue weighted by molar-refractivity contribution is 0.101. The summed E-state index contributed by atoms with van der Waals surface area (Å²) in [6, 6.07) is 29.4. The van der Waals surface area contributed by atoms with Crippen LogP contribution in [0.25, 0.3) is 22.2 Å². The standard InChI is InChI=1S/C23H18N2O/c26-23(16-24-18-11-5-2-6-12-18)20-15-22(17-9-3-1-4-10-17)25-21-14-8-7-13-19(20)21/h1-15,24H,16H2. The number of rotatable bonds is 5. The molecule has 0 aliphatic carbocycles. The molecule has 0 aliphatic heterocycles. The van der Waals surface area contributed by atoms with Crippen LogP contribution in [0.15, 0.2) is 91.0 Å². The third-order valence-electron chi connectivity index (χ3n) is 4.31. The van der Waals surface area contributed by atoms with Crippen LogP contribution in [0.4, 0.5) is 5.69 Å². The van der Waals surface area contributed by atoms with Crippen LogP contribution in [-0.2, 0) is 0 Å². The molecule has 1 aromatic heterocycles. The molecule has 0 amide bonds. The molecule has 26 heavy (non-hydrogen) atoms. The molecule has 0 saturated carbocycles. The first kappa shape index (κ1) is 16.0. The Hall–Kier alpha value is -3.46. The number of aromatic nitrogens is 1. The zero-order valence-corrected chi connectivity index (χ0v) is 14.2. The number of carbonyl (C=O) groups excluding carboxylic acids is 1. The average Bonchev–Trinajstić information content (AvgIpc) is 2.72. The second kappa shape index (κ2) is 7.19. The van der Waals surface area contributed by atoms with E-state index in [2.05, 4.69) is 5.32 Å². The number of fused-ring (bicyclic) bond motifs is 1. The Morgan fingerprint density at radius 1 is 0.808 bits per heavy atom. The van der Waals surface area contributed by atoms with Crippen molar-refractivity contribution in [1.29, 1.82) is 0 Å². The highest BCUT2D eigenvalue weighted by Gasteiger charge is 2.13. The summed E-state index contributed by atoms with van der Waals surface area (Å²) >= 11 is 0. The van der Waals surface area contributed by atoms with Crippen molar-refractivity contribution in [1.82, 2.24) is 4.98 Å². The van der Waals surface area contributed by atoms with E-state index >= 15 is 0 Å². The van der Waals surface area contributed by atoms with E-state index < -0.39 is 0 Å². The van der Waals surface area contributed by atoms with Gasteiger partial charge in [0.2, 0.25) is 0 Å². The largest absolute Gasteiger partial charge is 0.378 e. The van der Waals surface area contributed by atoms with E-state index in [-0.39, 0.29) is 12.3 Å². The highest BCUT2D eigenvalue weighted by atomic mass is 16.1. The fraction of sp³-hybridized carbons (Fsp3) is 0.0435. The van der Waals surface area contributed by atoms with Gasteiger partial charge in [-0.05, 0) is 24.3 Å². The number of carbonyl (C=O) groups is 1. The van der Waals surface area contributed by atoms with Crippen LogP contribution in [0.1, 0.15) is 10.4 Å². The van der Waals surface area contributed by atoms with Crippen molar-refractivity contribution in [2.24, 2.45) is 0 Å². The maximum absolute atomic E-state index is 12.9. The Morgan fingerprint density at radius 2 is 1.46 bits per heavy atom. The maximum Gasteiger partial charge on any atom is 0.182 e. The molecule has 3 aromatic carbocycles. The van der Waals surface area contributed by atoms with Crippen molar-refractivity contribution >= 4 is 22.4 Å². The van der Waals surface area contributed by atoms with Gasteiger partial charge in [0.1, 0.15) is 0 Å². The first-order chi connectivity index (χ1) is 12.8. The zero-order valence-electron chi connectivity index (χ0n) is 14.2. The number of benzene rings is 3. The molecule has 4 aromatic rings. The number of pyridine rings is 1. The van der Waals surface area contributed by atoms with Crippen molar-refractivity contribution in [3.8, 4) is 11.3 Å². The van der Waals surface area contributed by atoms with Crippen LogP contribution in [0, 0.1) is 0 Å². The minimum absolute atomic E-state index is 0.0460. The molecular formula is C23H18N2O. The number of hydrogen-bond acceptors (Lipinski definition) is 3. The van der Waals surface area contributed by atoms with Gasteiger partial charge in [0.25, 0.3) is 0 Å². The molecule has 4 rings (SSSR count). The lowest BCUT2D eigenvalue weighted by Crippen LogP contribution is -2.14. The summed E-state index contributed by atoms with van der Waals surface area (Å²) in [6.45, 7) is 0.242. The van der Waals surface area contributed by atoms with Gasteiger partial charge in [-0.2, -0.15) is 0 Å². The summed E-state index contributed by atoms with van der Waals surface area (Å²) in [7, 11) is 0. The number of nitrogens with one attached hydrogen (secondary N) is 1. The zero-order chi connectivity index (χ0) is 17.8. The fourth-order valence-corrected chi connectivity index (χ4v) is 3.00. The number of para-hydroxylation sites is 2. The summed E-state index contributed by atoms with van der Waals surface area (Å²) in [6.07, 6.45) is 0. The lowest BCUT2D eigenvalue weighted by Gasteiger charge is -2.10. The van der Waals surface area contributed by atoms with Gasteiger partial charge in [0.05, 0.1) is 17.8 Å². The smallest absolute Gasteiger partial charge is 0.182 e. The summed E-state index contributed by atoms with van der Waals surface area (Å²) in [4.78, 5) is 17.7. The van der Waals surface area contributed by atoms with E-state index in [9.17, 15) is 4.79 Å². The highest BCUT2D eigenvalue weighted by Crippen LogP contribution is 2.25. The molecule has 0 bridgehead atoms. The number of Topliss-reactive ketones (excluding diaryl/α,β-unsaturated/α-hetero) is 1. The SMILES string of the molecule is O=C(CNc1ccccc1)c1cc(-c2ccccc2)nc2ccccc12. The van der Waals surface area contributed by atoms with Crippen LogP contribution >= 0.6 is 0 Å². The van der Waals surface area contributed by atoms with E-state index in [1.54, 1.807) is 0 Å². The van der Waals surface area contributed by atoms with Crippen molar-refractivity contribution < 1.29 is 4.79 Å². The molecule has 0 spiro atoms. The Kier molecular flexibility index (Phi) is 4.44. The number of nitrogens with zero attached hydrogens (tertiary/aromatic N) is 1. The fourth-order valence-electron chi connectivity index (χ4n) is 3.00. The summed E-state index contributed by atoms with van der Waals surface area (Å²) in [5, 5.41) is 4.08. The third kappa shape index (κ3) is 3.33. The van der Waals surface area contributed by atoms with Crippen LogP contribution in [0.5, 0.6) is 0 Å². The van der Waals surface area contributed by atoms with Crippen molar-refractivity contribution in [3.63, 3.8) is 0 Å². The summed E-state index contributed by atoms with van der Waals surface area (Å²) in [5.41, 5.74) is 4.27. The predicted octanol–water partition coefficient (Wildman–Crippen LogP) is 5.20. The monoisotopic (exact) mass is 338 g/mol. The van der Waals surface area contributed by atoms with Gasteiger partial charge in [-0.25, -0.2) is 4.98 Å². The first-order valence-electron chi connectivity index (χ1n) is 8.58. The van der Waals surface area contributed by atoms with E-state index in [0.717, 1.165) is 27.8 Å². The quantitative estimate of drug-likeness (QED) is 0.509. The normalized spacial score (nSPS) is 10.6. The number of ketones is 1. The molecule has 3 nitrogen and oxygen atoms in total. The van der Waals surface area contributed by atoms with E-state index in [1.807, 2.05) is 91.0 Å². The molecule has 0 atom stereocenters. The summed E-state index contributed by atoms with van der Waals surface area (Å²) in [5.74, 6) is 0.0460. The highest BCUT2D eigenvalue weighted by molar-refractivity contribution is 6.09. The molecule has 0 fully saturated rings. The van der Waals surface area contributed by atoms with Gasteiger partial charge in [-0.1, -0.05) is 66.7 Å². The van der Waals surface area contributed by atoms with Gasteiger partial charge in [0.15, 0.2) is 5.78 Å². The van der Waals surface area contributed by atoms with Gasteiger partial charge >= 0.3 is 0 Å². The van der Waals surface area contributed by atoms with Crippen LogP contribution in [0.3, 0.4) is 0 Å². The Labute approximate surface area is 152 Å². The maximum atomic E-state index is 12.9. The average molecular weight is 338 g/mol. The molecular weight excluding hydrogens is 320 g/mol. The molecule has 0 saturated heterocycles. The second-order valence-electron chi connectivity index (χ2n) is 6.08. The molecule has 3 heteroatoms. The van der Waals surface area contributed by atoms with Gasteiger partial charge in [-0.15, -0.1) is 0 Å². The second-order valence-corrected chi connectivity index (χ2v) is 6.08. The van der Waals surface area contributed by atoms with Gasteiger partial charge in [0, 0.05) is 22.2 Å². The first-order valence-corrected chi connectivity index (χ1v) is 8.58. The molecule has 1 N–H and O–H groups in total. The van der Waals surface area contributed by atoms with Gasteiger partial charge in [-0.3, -0.25) is 4.79 Å². The minimum atomic E-state index is 0.0460. The topological polar surface area (TPSA) is 42.0 Å². The molecule has 0 radical (unpaired) electrons. The van der Waals surface area contributed by atoms with Crippen LogP contribution in [0.2, 0.25) is 0 Å². The van der Waals surface area contributed by atoms with E-state index in [0.29, 0.717) is 5.56 Å². The Bertz CT molecular complexity index is 1040. The van der Waals surface area contributed by atoms with E-state index in [4.69, 9.17) is 4.98 Å². The minimum Gasteiger partial charge on any atom is -0.378 e. The number of hydrogen-bond donors (Lipinski definition) is 1. The number of anilines is 1. The predicted molar refractivity (Wildman–Crippen MR) is 106 cm³/mol. The molecule has 0 unspecified atom stereocenters. The molecule has 0 aliphatic rings. The van der Waals surface area contributed by atoms with Crippen LogP contribution < -0.4 is 5.32 Å². The molecule has 126 valence electrons. The molecule has 1 heterocycles. The lowest BCUT2D eigenvalue weighted by atomic mass is 10.0. The van der Waals surface area contributed by atoms with Crippen molar-refractivity contribution in [2.75, 3.05) is 11.9 Å².